The molecule has 3 aromatic rings. The summed E-state index contributed by atoms with van der Waals surface area (Å²) < 4.78 is 10.8. The maximum absolute atomic E-state index is 12.9. The van der Waals surface area contributed by atoms with E-state index in [2.05, 4.69) is 15.3 Å². The van der Waals surface area contributed by atoms with Gasteiger partial charge in [-0.3, -0.25) is 4.79 Å². The first-order valence-electron chi connectivity index (χ1n) is 9.35. The first-order valence-corrected chi connectivity index (χ1v) is 9.35. The lowest BCUT2D eigenvalue weighted by atomic mass is 9.98. The van der Waals surface area contributed by atoms with Crippen LogP contribution in [0, 0.1) is 0 Å². The molecule has 1 aromatic heterocycles. The first kappa shape index (κ1) is 18.7. The van der Waals surface area contributed by atoms with Gasteiger partial charge in [0.2, 0.25) is 0 Å². The molecule has 4 rings (SSSR count). The summed E-state index contributed by atoms with van der Waals surface area (Å²) in [5.41, 5.74) is 3.46. The highest BCUT2D eigenvalue weighted by molar-refractivity contribution is 5.92. The minimum Gasteiger partial charge on any atom is -0.493 e. The number of benzene rings is 2. The fraction of sp³-hybridized carbons (Fsp3) is 0.227. The molecule has 0 saturated heterocycles. The Balaban J connectivity index is 1.47. The summed E-state index contributed by atoms with van der Waals surface area (Å²) in [5, 5.41) is 3.16. The van der Waals surface area contributed by atoms with Gasteiger partial charge in [0, 0.05) is 18.8 Å². The van der Waals surface area contributed by atoms with Crippen molar-refractivity contribution >= 4 is 17.4 Å². The number of nitrogens with zero attached hydrogens (tertiary/aromatic N) is 3. The summed E-state index contributed by atoms with van der Waals surface area (Å²) >= 11 is 0. The average molecular weight is 390 g/mol. The molecule has 2 aromatic carbocycles. The monoisotopic (exact) mass is 390 g/mol. The lowest BCUT2D eigenvalue weighted by Crippen LogP contribution is -2.36. The van der Waals surface area contributed by atoms with Crippen LogP contribution in [0.2, 0.25) is 0 Å². The Morgan fingerprint density at radius 3 is 2.38 bits per heavy atom. The smallest absolute Gasteiger partial charge is 0.274 e. The highest BCUT2D eigenvalue weighted by Gasteiger charge is 2.24. The van der Waals surface area contributed by atoms with Crippen LogP contribution in [0.25, 0.3) is 0 Å². The maximum atomic E-state index is 12.9. The second kappa shape index (κ2) is 8.18. The maximum Gasteiger partial charge on any atom is 0.274 e. The van der Waals surface area contributed by atoms with E-state index in [9.17, 15) is 4.79 Å². The predicted molar refractivity (Wildman–Crippen MR) is 110 cm³/mol. The molecule has 0 unspecified atom stereocenters. The van der Waals surface area contributed by atoms with Gasteiger partial charge < -0.3 is 19.7 Å². The third-order valence-electron chi connectivity index (χ3n) is 4.92. The highest BCUT2D eigenvalue weighted by atomic mass is 16.5. The van der Waals surface area contributed by atoms with Crippen LogP contribution in [-0.4, -0.2) is 41.5 Å². The molecule has 0 spiro atoms. The van der Waals surface area contributed by atoms with Crippen LogP contribution >= 0.6 is 0 Å². The molecule has 148 valence electrons. The van der Waals surface area contributed by atoms with E-state index >= 15 is 0 Å². The predicted octanol–water partition coefficient (Wildman–Crippen LogP) is 3.44. The Hall–Kier alpha value is -3.61. The molecule has 29 heavy (non-hydrogen) atoms. The van der Waals surface area contributed by atoms with Crippen molar-refractivity contribution in [2.24, 2.45) is 0 Å². The number of para-hydroxylation sites is 1. The van der Waals surface area contributed by atoms with E-state index in [0.717, 1.165) is 17.7 Å². The van der Waals surface area contributed by atoms with Gasteiger partial charge in [0.25, 0.3) is 5.91 Å². The van der Waals surface area contributed by atoms with Gasteiger partial charge in [-0.05, 0) is 41.8 Å². The Kier molecular flexibility index (Phi) is 5.29. The van der Waals surface area contributed by atoms with Gasteiger partial charge in [0.1, 0.15) is 11.5 Å². The third-order valence-corrected chi connectivity index (χ3v) is 4.92. The fourth-order valence-corrected chi connectivity index (χ4v) is 3.39. The summed E-state index contributed by atoms with van der Waals surface area (Å²) in [7, 11) is 3.23. The molecule has 2 heterocycles. The molecule has 1 aliphatic heterocycles. The minimum absolute atomic E-state index is 0.135. The number of carbonyl (C=O) groups is 1. The summed E-state index contributed by atoms with van der Waals surface area (Å²) in [6.07, 6.45) is 3.84. The van der Waals surface area contributed by atoms with E-state index in [1.807, 2.05) is 42.5 Å². The molecular formula is C22H22N4O3. The van der Waals surface area contributed by atoms with Crippen molar-refractivity contribution < 1.29 is 14.3 Å². The molecule has 0 radical (unpaired) electrons. The van der Waals surface area contributed by atoms with Crippen LogP contribution in [0.4, 0.5) is 11.5 Å². The number of hydrogen-bond donors (Lipinski definition) is 1. The largest absolute Gasteiger partial charge is 0.493 e. The molecule has 0 fully saturated rings. The molecule has 0 aliphatic carbocycles. The molecule has 7 heteroatoms. The van der Waals surface area contributed by atoms with Crippen LogP contribution in [0.5, 0.6) is 11.5 Å². The Morgan fingerprint density at radius 1 is 1.00 bits per heavy atom. The molecule has 0 atom stereocenters. The van der Waals surface area contributed by atoms with E-state index in [-0.39, 0.29) is 5.91 Å². The van der Waals surface area contributed by atoms with Crippen molar-refractivity contribution in [2.75, 3.05) is 26.1 Å². The summed E-state index contributed by atoms with van der Waals surface area (Å²) in [5.74, 6) is 1.83. The van der Waals surface area contributed by atoms with Gasteiger partial charge in [-0.15, -0.1) is 0 Å². The van der Waals surface area contributed by atoms with Crippen molar-refractivity contribution in [3.8, 4) is 11.5 Å². The van der Waals surface area contributed by atoms with Crippen molar-refractivity contribution in [3.63, 3.8) is 0 Å². The number of nitrogens with one attached hydrogen (secondary N) is 1. The second-order valence-corrected chi connectivity index (χ2v) is 6.73. The fourth-order valence-electron chi connectivity index (χ4n) is 3.39. The zero-order valence-corrected chi connectivity index (χ0v) is 16.4. The van der Waals surface area contributed by atoms with E-state index in [0.29, 0.717) is 36.1 Å². The average Bonchev–Trinajstić information content (AvgIpc) is 2.78. The van der Waals surface area contributed by atoms with Crippen molar-refractivity contribution in [2.45, 2.75) is 13.0 Å². The van der Waals surface area contributed by atoms with Crippen LogP contribution in [0.3, 0.4) is 0 Å². The number of ether oxygens (including phenoxy) is 2. The Morgan fingerprint density at radius 2 is 1.72 bits per heavy atom. The lowest BCUT2D eigenvalue weighted by molar-refractivity contribution is 0.0728. The van der Waals surface area contributed by atoms with E-state index in [1.165, 1.54) is 11.8 Å². The SMILES string of the molecule is COc1cc2c(cc1OC)CN(C(=O)c1cnc(Nc3ccccc3)cn1)CC2. The van der Waals surface area contributed by atoms with Crippen LogP contribution in [-0.2, 0) is 13.0 Å². The number of amides is 1. The molecule has 0 saturated carbocycles. The van der Waals surface area contributed by atoms with Gasteiger partial charge in [-0.1, -0.05) is 18.2 Å². The molecule has 1 amide bonds. The molecule has 7 nitrogen and oxygen atoms in total. The molecule has 1 aliphatic rings. The van der Waals surface area contributed by atoms with Crippen molar-refractivity contribution in [1.82, 2.24) is 14.9 Å². The Bertz CT molecular complexity index is 1010. The number of rotatable bonds is 5. The number of aromatic nitrogens is 2. The zero-order chi connectivity index (χ0) is 20.2. The van der Waals surface area contributed by atoms with E-state index in [1.54, 1.807) is 25.3 Å². The topological polar surface area (TPSA) is 76.6 Å². The van der Waals surface area contributed by atoms with Gasteiger partial charge >= 0.3 is 0 Å². The zero-order valence-electron chi connectivity index (χ0n) is 16.4. The van der Waals surface area contributed by atoms with Gasteiger partial charge in [0.05, 0.1) is 26.6 Å². The van der Waals surface area contributed by atoms with Crippen LogP contribution in [0.15, 0.2) is 54.9 Å². The third kappa shape index (κ3) is 3.99. The second-order valence-electron chi connectivity index (χ2n) is 6.73. The summed E-state index contributed by atoms with van der Waals surface area (Å²) in [6, 6.07) is 13.6. The van der Waals surface area contributed by atoms with Gasteiger partial charge in [-0.2, -0.15) is 0 Å². The highest BCUT2D eigenvalue weighted by Crippen LogP contribution is 2.33. The van der Waals surface area contributed by atoms with E-state index < -0.39 is 0 Å². The summed E-state index contributed by atoms with van der Waals surface area (Å²) in [4.78, 5) is 23.3. The van der Waals surface area contributed by atoms with Crippen molar-refractivity contribution in [1.29, 1.82) is 0 Å². The van der Waals surface area contributed by atoms with Crippen LogP contribution < -0.4 is 14.8 Å². The summed E-state index contributed by atoms with van der Waals surface area (Å²) in [6.45, 7) is 1.12. The number of hydrogen-bond acceptors (Lipinski definition) is 6. The number of fused-ring (bicyclic) bond motifs is 1. The molecule has 1 N–H and O–H groups in total. The minimum atomic E-state index is -0.135. The first-order chi connectivity index (χ1) is 14.2. The standard InChI is InChI=1S/C22H22N4O3/c1-28-19-10-15-8-9-26(14-16(15)11-20(19)29-2)22(27)18-12-24-21(13-23-18)25-17-6-4-3-5-7-17/h3-7,10-13H,8-9,14H2,1-2H3,(H,24,25). The quantitative estimate of drug-likeness (QED) is 0.719. The molecular weight excluding hydrogens is 368 g/mol. The van der Waals surface area contributed by atoms with Crippen molar-refractivity contribution in [3.05, 3.63) is 71.7 Å². The van der Waals surface area contributed by atoms with Gasteiger partial charge in [-0.25, -0.2) is 9.97 Å². The number of methoxy groups -OCH3 is 2. The number of anilines is 2. The Labute approximate surface area is 169 Å². The molecule has 0 bridgehead atoms. The van der Waals surface area contributed by atoms with E-state index in [4.69, 9.17) is 9.47 Å². The number of carbonyl (C=O) groups excluding carboxylic acids is 1. The van der Waals surface area contributed by atoms with Crippen LogP contribution in [0.1, 0.15) is 21.6 Å². The normalized spacial score (nSPS) is 12.8. The lowest BCUT2D eigenvalue weighted by Gasteiger charge is -2.29. The van der Waals surface area contributed by atoms with Gasteiger partial charge in [0.15, 0.2) is 11.5 Å².